The topological polar surface area (TPSA) is 237 Å². The van der Waals surface area contributed by atoms with Gasteiger partial charge in [0.2, 0.25) is 0 Å². The number of aliphatic hydroxyl groups is 1. The molecule has 0 aromatic rings. The Morgan fingerprint density at radius 2 is 0.481 bits per heavy atom. The van der Waals surface area contributed by atoms with Crippen LogP contribution in [0.15, 0.2) is 0 Å². The van der Waals surface area contributed by atoms with E-state index in [9.17, 15) is 43.2 Å². The minimum Gasteiger partial charge on any atom is -0.462 e. The molecule has 0 heterocycles. The number of ether oxygens (including phenoxy) is 4. The molecule has 106 heavy (non-hydrogen) atoms. The van der Waals surface area contributed by atoms with Gasteiger partial charge in [0.05, 0.1) is 26.4 Å². The third-order valence-electron chi connectivity index (χ3n) is 20.8. The molecule has 0 aromatic heterocycles. The smallest absolute Gasteiger partial charge is 0.462 e. The Kier molecular flexibility index (Phi) is 76.9. The standard InChI is InChI=1S/C87H170O17P2/c1-7-10-12-14-16-18-20-22-24-26-28-30-31-33-35-37-39-43-47-51-59-65-71-86(91)103-82(75-97-84(89)69-63-57-50-46-42-38-36-34-32-29-27-25-23-21-19-17-15-13-11-8-2)77-101-105(93,94)99-73-81(88)74-100-106(95,96)102-78-83(76-98-85(90)70-64-58-54-53-56-62-68-80(6)9-3)104-87(92)72-66-60-52-48-44-40-41-45-49-55-61-67-79(4)5/h79-83,88H,7-78H2,1-6H3,(H,93,94)(H,95,96)/t80?,81-,82-,83-/m1/s1. The lowest BCUT2D eigenvalue weighted by Gasteiger charge is -2.21. The summed E-state index contributed by atoms with van der Waals surface area (Å²) < 4.78 is 68.9. The molecule has 0 saturated heterocycles. The maximum atomic E-state index is 13.2. The fraction of sp³-hybridized carbons (Fsp3) is 0.954. The summed E-state index contributed by atoms with van der Waals surface area (Å²) in [6, 6.07) is 0. The molecule has 0 aliphatic rings. The first-order chi connectivity index (χ1) is 51.4. The number of hydrogen-bond donors (Lipinski definition) is 3. The molecule has 0 fully saturated rings. The number of phosphoric acid groups is 2. The van der Waals surface area contributed by atoms with Gasteiger partial charge in [0, 0.05) is 25.7 Å². The average molecular weight is 1550 g/mol. The summed E-state index contributed by atoms with van der Waals surface area (Å²) in [6.45, 7) is 9.63. The third kappa shape index (κ3) is 78.7. The average Bonchev–Trinajstić information content (AvgIpc) is 0.901. The minimum absolute atomic E-state index is 0.106. The Labute approximate surface area is 651 Å². The van der Waals surface area contributed by atoms with E-state index in [1.54, 1.807) is 0 Å². The summed E-state index contributed by atoms with van der Waals surface area (Å²) in [6.07, 6.45) is 71.1. The van der Waals surface area contributed by atoms with Gasteiger partial charge >= 0.3 is 39.5 Å². The number of aliphatic hydroxyl groups excluding tert-OH is 1. The van der Waals surface area contributed by atoms with E-state index in [1.165, 1.54) is 276 Å². The molecule has 0 spiro atoms. The molecule has 0 aromatic carbocycles. The zero-order chi connectivity index (χ0) is 77.8. The Hall–Kier alpha value is -1.94. The van der Waals surface area contributed by atoms with Crippen LogP contribution in [-0.2, 0) is 65.4 Å². The van der Waals surface area contributed by atoms with Gasteiger partial charge in [0.25, 0.3) is 0 Å². The monoisotopic (exact) mass is 1550 g/mol. The van der Waals surface area contributed by atoms with Crippen molar-refractivity contribution < 1.29 is 80.2 Å². The van der Waals surface area contributed by atoms with E-state index in [1.807, 2.05) is 0 Å². The second-order valence-corrected chi connectivity index (χ2v) is 34.9. The van der Waals surface area contributed by atoms with E-state index >= 15 is 0 Å². The molecule has 630 valence electrons. The number of carbonyl (C=O) groups is 4. The van der Waals surface area contributed by atoms with Crippen LogP contribution in [0.3, 0.4) is 0 Å². The molecular weight excluding hydrogens is 1380 g/mol. The molecule has 19 heteroatoms. The van der Waals surface area contributed by atoms with Gasteiger partial charge in [-0.3, -0.25) is 37.3 Å². The van der Waals surface area contributed by atoms with Crippen molar-refractivity contribution in [3.05, 3.63) is 0 Å². The molecule has 0 saturated carbocycles. The normalized spacial score (nSPS) is 14.1. The first kappa shape index (κ1) is 104. The summed E-state index contributed by atoms with van der Waals surface area (Å²) in [5, 5.41) is 10.7. The van der Waals surface area contributed by atoms with E-state index in [0.29, 0.717) is 25.7 Å². The highest BCUT2D eigenvalue weighted by atomic mass is 31.2. The molecule has 0 aliphatic carbocycles. The lowest BCUT2D eigenvalue weighted by molar-refractivity contribution is -0.161. The number of rotatable bonds is 86. The number of unbranched alkanes of at least 4 members (excludes halogenated alkanes) is 55. The Morgan fingerprint density at radius 1 is 0.274 bits per heavy atom. The second kappa shape index (κ2) is 78.3. The predicted octanol–water partition coefficient (Wildman–Crippen LogP) is 26.6. The molecule has 0 bridgehead atoms. The Balaban J connectivity index is 5.21. The third-order valence-corrected chi connectivity index (χ3v) is 22.7. The van der Waals surface area contributed by atoms with Crippen molar-refractivity contribution >= 4 is 39.5 Å². The largest absolute Gasteiger partial charge is 0.472 e. The van der Waals surface area contributed by atoms with Crippen LogP contribution in [0, 0.1) is 11.8 Å². The highest BCUT2D eigenvalue weighted by Crippen LogP contribution is 2.45. The van der Waals surface area contributed by atoms with E-state index < -0.39 is 97.5 Å². The molecule has 0 radical (unpaired) electrons. The minimum atomic E-state index is -4.97. The quantitative estimate of drug-likeness (QED) is 0.0222. The Bertz CT molecular complexity index is 2030. The van der Waals surface area contributed by atoms with Gasteiger partial charge < -0.3 is 33.8 Å². The van der Waals surface area contributed by atoms with E-state index in [4.69, 9.17) is 37.0 Å². The lowest BCUT2D eigenvalue weighted by Crippen LogP contribution is -2.30. The van der Waals surface area contributed by atoms with Crippen LogP contribution in [0.5, 0.6) is 0 Å². The van der Waals surface area contributed by atoms with Crippen LogP contribution in [0.2, 0.25) is 0 Å². The van der Waals surface area contributed by atoms with Gasteiger partial charge in [0.1, 0.15) is 19.3 Å². The summed E-state index contributed by atoms with van der Waals surface area (Å²) in [4.78, 5) is 73.2. The zero-order valence-corrected chi connectivity index (χ0v) is 71.5. The lowest BCUT2D eigenvalue weighted by atomic mass is 10.00. The molecule has 3 unspecified atom stereocenters. The van der Waals surface area contributed by atoms with Crippen molar-refractivity contribution in [2.45, 2.75) is 484 Å². The second-order valence-electron chi connectivity index (χ2n) is 32.0. The fourth-order valence-corrected chi connectivity index (χ4v) is 15.1. The van der Waals surface area contributed by atoms with Crippen LogP contribution in [-0.4, -0.2) is 96.7 Å². The van der Waals surface area contributed by atoms with Gasteiger partial charge in [-0.1, -0.05) is 414 Å². The van der Waals surface area contributed by atoms with E-state index in [0.717, 1.165) is 108 Å². The molecule has 3 N–H and O–H groups in total. The van der Waals surface area contributed by atoms with Crippen molar-refractivity contribution in [1.29, 1.82) is 0 Å². The number of hydrogen-bond acceptors (Lipinski definition) is 15. The van der Waals surface area contributed by atoms with Crippen LogP contribution in [0.25, 0.3) is 0 Å². The van der Waals surface area contributed by atoms with Crippen molar-refractivity contribution in [3.8, 4) is 0 Å². The fourth-order valence-electron chi connectivity index (χ4n) is 13.6. The first-order valence-electron chi connectivity index (χ1n) is 45.0. The van der Waals surface area contributed by atoms with Crippen LogP contribution in [0.4, 0.5) is 0 Å². The Morgan fingerprint density at radius 3 is 0.717 bits per heavy atom. The molecule has 17 nitrogen and oxygen atoms in total. The van der Waals surface area contributed by atoms with Gasteiger partial charge in [-0.15, -0.1) is 0 Å². The maximum absolute atomic E-state index is 13.2. The van der Waals surface area contributed by atoms with Gasteiger partial charge in [-0.25, -0.2) is 9.13 Å². The maximum Gasteiger partial charge on any atom is 0.472 e. The van der Waals surface area contributed by atoms with Crippen molar-refractivity contribution in [3.63, 3.8) is 0 Å². The van der Waals surface area contributed by atoms with Crippen molar-refractivity contribution in [2.24, 2.45) is 11.8 Å². The van der Waals surface area contributed by atoms with Crippen LogP contribution in [0.1, 0.15) is 465 Å². The van der Waals surface area contributed by atoms with Gasteiger partial charge in [-0.2, -0.15) is 0 Å². The van der Waals surface area contributed by atoms with Crippen LogP contribution < -0.4 is 0 Å². The molecule has 6 atom stereocenters. The first-order valence-corrected chi connectivity index (χ1v) is 48.0. The molecular formula is C87H170O17P2. The van der Waals surface area contributed by atoms with Crippen molar-refractivity contribution in [2.75, 3.05) is 39.6 Å². The van der Waals surface area contributed by atoms with Crippen LogP contribution >= 0.6 is 15.6 Å². The summed E-state index contributed by atoms with van der Waals surface area (Å²) in [5.41, 5.74) is 0. The SMILES string of the molecule is CCCCCCCCCCCCCCCCCCCCCCCCC(=O)O[C@H](COC(=O)CCCCCCCCCCCCCCCCCCCCCC)COP(=O)(O)OC[C@@H](O)COP(=O)(O)OC[C@@H](COC(=O)CCCCCCCCC(C)CC)OC(=O)CCCCCCCCCCCCCC(C)C. The molecule has 0 amide bonds. The predicted molar refractivity (Wildman–Crippen MR) is 437 cm³/mol. The van der Waals surface area contributed by atoms with Gasteiger partial charge in [-0.05, 0) is 37.5 Å². The summed E-state index contributed by atoms with van der Waals surface area (Å²) >= 11 is 0. The van der Waals surface area contributed by atoms with Crippen molar-refractivity contribution in [1.82, 2.24) is 0 Å². The highest BCUT2D eigenvalue weighted by molar-refractivity contribution is 7.47. The molecule has 0 rings (SSSR count). The summed E-state index contributed by atoms with van der Waals surface area (Å²) in [5.74, 6) is -0.609. The number of esters is 4. The van der Waals surface area contributed by atoms with E-state index in [-0.39, 0.29) is 25.7 Å². The number of phosphoric ester groups is 2. The van der Waals surface area contributed by atoms with E-state index in [2.05, 4.69) is 41.5 Å². The summed E-state index contributed by atoms with van der Waals surface area (Å²) in [7, 11) is -9.93. The highest BCUT2D eigenvalue weighted by Gasteiger charge is 2.30. The zero-order valence-electron chi connectivity index (χ0n) is 69.7. The molecule has 0 aliphatic heterocycles. The van der Waals surface area contributed by atoms with Gasteiger partial charge in [0.15, 0.2) is 12.2 Å². The number of carbonyl (C=O) groups excluding carboxylic acids is 4.